The Morgan fingerprint density at radius 2 is 1.96 bits per heavy atom. The number of carbonyl (C=O) groups excluding carboxylic acids is 2. The molecule has 248 valence electrons. The van der Waals surface area contributed by atoms with Crippen LogP contribution in [0.4, 0.5) is 23.8 Å². The number of likely N-dealkylation sites (N-methyl/N-ethyl adjacent to an activating group) is 1. The predicted octanol–water partition coefficient (Wildman–Crippen LogP) is 3.60. The molecule has 15 nitrogen and oxygen atoms in total. The number of nitrogens with two attached hydrogens (primary N) is 1. The van der Waals surface area contributed by atoms with Gasteiger partial charge >= 0.3 is 12.3 Å². The van der Waals surface area contributed by atoms with E-state index in [9.17, 15) is 22.8 Å². The smallest absolute Gasteiger partial charge is 0.425 e. The lowest BCUT2D eigenvalue weighted by Crippen LogP contribution is -2.32. The van der Waals surface area contributed by atoms with Gasteiger partial charge < -0.3 is 25.3 Å². The minimum Gasteiger partial charge on any atom is -0.425 e. The third kappa shape index (κ3) is 9.14. The summed E-state index contributed by atoms with van der Waals surface area (Å²) in [5.41, 5.74) is 5.86. The van der Waals surface area contributed by atoms with Crippen LogP contribution in [0.5, 0.6) is 0 Å². The molecular weight excluding hydrogens is 611 g/mol. The number of carbonyl (C=O) groups is 2. The Morgan fingerprint density at radius 1 is 1.26 bits per heavy atom. The molecule has 0 spiro atoms. The van der Waals surface area contributed by atoms with E-state index in [1.165, 1.54) is 52.9 Å². The number of aliphatic imine (C=N–C) groups is 1. The van der Waals surface area contributed by atoms with Crippen molar-refractivity contribution in [2.45, 2.75) is 39.8 Å². The third-order valence-electron chi connectivity index (χ3n) is 5.77. The highest BCUT2D eigenvalue weighted by molar-refractivity contribution is 6.08. The number of anilines is 1. The third-order valence-corrected chi connectivity index (χ3v) is 5.77. The minimum absolute atomic E-state index is 0.0889. The summed E-state index contributed by atoms with van der Waals surface area (Å²) in [6.45, 7) is 6.25. The van der Waals surface area contributed by atoms with Gasteiger partial charge in [-0.2, -0.15) is 13.2 Å². The minimum atomic E-state index is -4.93. The van der Waals surface area contributed by atoms with Crippen molar-refractivity contribution < 1.29 is 32.2 Å². The average molecular weight is 648 g/mol. The zero-order chi connectivity index (χ0) is 34.4. The maximum Gasteiger partial charge on any atom is 0.449 e. The highest BCUT2D eigenvalue weighted by Gasteiger charge is 2.34. The molecule has 0 bridgehead atoms. The second-order valence-electron chi connectivity index (χ2n) is 8.81. The number of amides is 1. The Labute approximate surface area is 262 Å². The first-order valence-electron chi connectivity index (χ1n) is 13.7. The van der Waals surface area contributed by atoms with Crippen LogP contribution in [0.3, 0.4) is 0 Å². The van der Waals surface area contributed by atoms with Gasteiger partial charge in [-0.25, -0.2) is 29.7 Å². The summed E-state index contributed by atoms with van der Waals surface area (Å²) in [5.74, 6) is -2.12. The van der Waals surface area contributed by atoms with Gasteiger partial charge in [-0.1, -0.05) is 19.9 Å². The summed E-state index contributed by atoms with van der Waals surface area (Å²) in [6, 6.07) is 5.04. The number of nitrogens with zero attached hydrogens (tertiary/aromatic N) is 8. The van der Waals surface area contributed by atoms with Crippen molar-refractivity contribution in [3.63, 3.8) is 0 Å². The lowest BCUT2D eigenvalue weighted by molar-refractivity contribution is -0.107. The molecule has 4 rings (SSSR count). The number of pyridine rings is 1. The fourth-order valence-corrected chi connectivity index (χ4v) is 3.76. The quantitative estimate of drug-likeness (QED) is 0.137. The van der Waals surface area contributed by atoms with Crippen molar-refractivity contribution >= 4 is 35.6 Å². The monoisotopic (exact) mass is 647 g/mol. The van der Waals surface area contributed by atoms with E-state index in [0.29, 0.717) is 17.9 Å². The number of methoxy groups -OCH3 is 1. The topological polar surface area (TPSA) is 191 Å². The highest BCUT2D eigenvalue weighted by Crippen LogP contribution is 2.29. The van der Waals surface area contributed by atoms with Crippen LogP contribution in [-0.4, -0.2) is 86.9 Å². The predicted molar refractivity (Wildman–Crippen MR) is 165 cm³/mol. The molecule has 1 amide bonds. The molecule has 0 saturated carbocycles. The molecule has 4 heterocycles. The van der Waals surface area contributed by atoms with Crippen LogP contribution in [0.15, 0.2) is 54.3 Å². The summed E-state index contributed by atoms with van der Waals surface area (Å²) in [5, 5.41) is 10.9. The second-order valence-corrected chi connectivity index (χ2v) is 8.81. The molecule has 0 saturated heterocycles. The van der Waals surface area contributed by atoms with Gasteiger partial charge in [0, 0.05) is 38.3 Å². The van der Waals surface area contributed by atoms with Crippen LogP contribution < -0.4 is 16.0 Å². The maximum absolute atomic E-state index is 13.0. The van der Waals surface area contributed by atoms with E-state index in [1.54, 1.807) is 38.4 Å². The van der Waals surface area contributed by atoms with Crippen molar-refractivity contribution in [2.75, 3.05) is 32.6 Å². The number of hydrogen-bond acceptors (Lipinski definition) is 10. The van der Waals surface area contributed by atoms with Gasteiger partial charge in [0.25, 0.3) is 0 Å². The van der Waals surface area contributed by atoms with Crippen LogP contribution in [0.25, 0.3) is 17.2 Å². The first kappa shape index (κ1) is 37.0. The molecular formula is C28H36F3N11O4. The van der Waals surface area contributed by atoms with Crippen molar-refractivity contribution in [3.8, 4) is 11.4 Å². The number of alkyl halides is 3. The van der Waals surface area contributed by atoms with Crippen LogP contribution in [0.1, 0.15) is 38.3 Å². The number of aromatic nitrogens is 6. The molecule has 4 aromatic rings. The van der Waals surface area contributed by atoms with Gasteiger partial charge in [-0.05, 0) is 26.1 Å². The number of halogens is 3. The fraction of sp³-hybridized carbons (Fsp3) is 0.357. The maximum atomic E-state index is 13.0. The summed E-state index contributed by atoms with van der Waals surface area (Å²) in [7, 11) is 4.74. The normalized spacial score (nSPS) is 11.9. The van der Waals surface area contributed by atoms with Gasteiger partial charge in [0.2, 0.25) is 11.6 Å². The molecule has 0 aromatic carbocycles. The lowest BCUT2D eigenvalue weighted by atomic mass is 10.2. The zero-order valence-electron chi connectivity index (χ0n) is 26.1. The number of amidine groups is 2. The van der Waals surface area contributed by atoms with Gasteiger partial charge in [-0.3, -0.25) is 19.3 Å². The molecule has 0 aliphatic rings. The molecule has 4 aromatic heterocycles. The molecule has 0 aliphatic carbocycles. The number of aldehydes is 1. The van der Waals surface area contributed by atoms with Crippen LogP contribution in [-0.2, 0) is 20.9 Å². The highest BCUT2D eigenvalue weighted by atomic mass is 19.4. The van der Waals surface area contributed by atoms with Crippen LogP contribution >= 0.6 is 0 Å². The van der Waals surface area contributed by atoms with Crippen molar-refractivity contribution in [1.29, 1.82) is 5.41 Å². The van der Waals surface area contributed by atoms with Crippen molar-refractivity contribution in [3.05, 3.63) is 60.6 Å². The van der Waals surface area contributed by atoms with Gasteiger partial charge in [0.15, 0.2) is 12.1 Å². The Bertz CT molecular complexity index is 1640. The first-order valence-corrected chi connectivity index (χ1v) is 13.7. The van der Waals surface area contributed by atoms with Gasteiger partial charge in [-0.15, -0.1) is 0 Å². The Morgan fingerprint density at radius 3 is 2.57 bits per heavy atom. The molecule has 1 unspecified atom stereocenters. The van der Waals surface area contributed by atoms with E-state index in [2.05, 4.69) is 30.2 Å². The summed E-state index contributed by atoms with van der Waals surface area (Å²) < 4.78 is 52.6. The Balaban J connectivity index is 0.000000959. The van der Waals surface area contributed by atoms with Gasteiger partial charge in [0.05, 0.1) is 31.4 Å². The van der Waals surface area contributed by atoms with E-state index in [0.717, 1.165) is 6.29 Å². The van der Waals surface area contributed by atoms with Gasteiger partial charge in [0.1, 0.15) is 23.5 Å². The fourth-order valence-electron chi connectivity index (χ4n) is 3.76. The van der Waals surface area contributed by atoms with Crippen molar-refractivity contribution in [2.24, 2.45) is 10.7 Å². The van der Waals surface area contributed by atoms with Crippen molar-refractivity contribution in [1.82, 2.24) is 34.2 Å². The summed E-state index contributed by atoms with van der Waals surface area (Å²) in [4.78, 5) is 43.4. The number of rotatable bonds is 9. The number of imidazole rings is 2. The Hall–Kier alpha value is -5.23. The first-order chi connectivity index (χ1) is 21.9. The SMILES string of the molecule is CC.CNCC=O.COCc1cccnc1N(C)C(=O)OC(C)n1cncc1-c1c(C(=N)N=C(N)C(F)(F)F)nc2ncccn12. The zero-order valence-corrected chi connectivity index (χ0v) is 26.1. The standard InChI is InChI=1S/C23H23F3N10O3.C3H7NO.C2H6/c1-13(39-22(37)34(2)19-14(11-38-3)6-4-7-30-19)36-12-29-10-15(36)17-16(18(27)33-20(28)23(24,25)26)32-21-31-8-5-9-35(17)21;1-4-2-3-5;1-2/h4-10,12-13H,11H2,1-3H3,(H3,27,28,33);3-4H,2H2,1H3;1-2H3. The van der Waals surface area contributed by atoms with E-state index >= 15 is 0 Å². The van der Waals surface area contributed by atoms with E-state index in [-0.39, 0.29) is 29.5 Å². The molecule has 1 atom stereocenters. The van der Waals surface area contributed by atoms with E-state index < -0.39 is 30.2 Å². The van der Waals surface area contributed by atoms with Crippen LogP contribution in [0.2, 0.25) is 0 Å². The molecule has 0 fully saturated rings. The number of fused-ring (bicyclic) bond motifs is 1. The summed E-state index contributed by atoms with van der Waals surface area (Å²) in [6.07, 6.45) is 1.44. The number of hydrogen-bond donors (Lipinski definition) is 3. The molecule has 4 N–H and O–H groups in total. The molecule has 0 aliphatic heterocycles. The molecule has 18 heteroatoms. The largest absolute Gasteiger partial charge is 0.449 e. The van der Waals surface area contributed by atoms with E-state index in [4.69, 9.17) is 20.6 Å². The average Bonchev–Trinajstić information content (AvgIpc) is 3.67. The molecule has 0 radical (unpaired) electrons. The van der Waals surface area contributed by atoms with E-state index in [1.807, 2.05) is 13.8 Å². The Kier molecular flexibility index (Phi) is 13.9. The van der Waals surface area contributed by atoms with Crippen LogP contribution in [0, 0.1) is 5.41 Å². The second kappa shape index (κ2) is 17.3. The molecule has 46 heavy (non-hydrogen) atoms. The summed E-state index contributed by atoms with van der Waals surface area (Å²) >= 11 is 0. The number of nitrogens with one attached hydrogen (secondary N) is 2. The number of ether oxygens (including phenoxy) is 2. The lowest BCUT2D eigenvalue weighted by Gasteiger charge is -2.23.